The van der Waals surface area contributed by atoms with Gasteiger partial charge in [-0.2, -0.15) is 0 Å². The second-order valence-electron chi connectivity index (χ2n) is 6.77. The molecule has 0 radical (unpaired) electrons. The fraction of sp³-hybridized carbons (Fsp3) is 0.765. The summed E-state index contributed by atoms with van der Waals surface area (Å²) in [5, 5.41) is 3.40. The van der Waals surface area contributed by atoms with E-state index in [4.69, 9.17) is 9.97 Å². The van der Waals surface area contributed by atoms with Crippen LogP contribution in [-0.2, 0) is 0 Å². The van der Waals surface area contributed by atoms with Crippen LogP contribution < -0.4 is 10.2 Å². The molecule has 1 N–H and O–H groups in total. The summed E-state index contributed by atoms with van der Waals surface area (Å²) in [6.07, 6.45) is 3.65. The van der Waals surface area contributed by atoms with Crippen LogP contribution in [0.15, 0.2) is 0 Å². The van der Waals surface area contributed by atoms with E-state index >= 15 is 0 Å². The minimum Gasteiger partial charge on any atom is -0.370 e. The molecule has 0 aromatic carbocycles. The van der Waals surface area contributed by atoms with E-state index in [-0.39, 0.29) is 0 Å². The molecule has 1 aliphatic carbocycles. The van der Waals surface area contributed by atoms with Crippen molar-refractivity contribution in [3.8, 4) is 0 Å². The molecule has 4 nitrogen and oxygen atoms in total. The minimum atomic E-state index is 0.486. The Morgan fingerprint density at radius 2 is 1.90 bits per heavy atom. The van der Waals surface area contributed by atoms with Gasteiger partial charge in [0.1, 0.15) is 17.5 Å². The molecule has 4 heteroatoms. The van der Waals surface area contributed by atoms with Gasteiger partial charge in [0, 0.05) is 31.1 Å². The van der Waals surface area contributed by atoms with Crippen molar-refractivity contribution in [3.63, 3.8) is 0 Å². The summed E-state index contributed by atoms with van der Waals surface area (Å²) in [6, 6.07) is 0.486. The van der Waals surface area contributed by atoms with Crippen molar-refractivity contribution >= 4 is 11.6 Å². The fourth-order valence-corrected chi connectivity index (χ4v) is 2.78. The molecule has 1 unspecified atom stereocenters. The molecule has 0 spiro atoms. The summed E-state index contributed by atoms with van der Waals surface area (Å²) in [7, 11) is 2.16. The van der Waals surface area contributed by atoms with Gasteiger partial charge in [-0.15, -0.1) is 0 Å². The zero-order valence-corrected chi connectivity index (χ0v) is 14.4. The molecule has 1 atom stereocenters. The van der Waals surface area contributed by atoms with E-state index in [0.717, 1.165) is 24.0 Å². The van der Waals surface area contributed by atoms with Gasteiger partial charge in [0.15, 0.2) is 0 Å². The van der Waals surface area contributed by atoms with Crippen LogP contribution in [-0.4, -0.2) is 29.6 Å². The van der Waals surface area contributed by atoms with Crippen LogP contribution >= 0.6 is 0 Å². The Balaban J connectivity index is 2.31. The number of nitrogens with one attached hydrogen (secondary N) is 1. The molecule has 1 heterocycles. The molecule has 1 aromatic rings. The average molecular weight is 290 g/mol. The molecular formula is C17H30N4. The van der Waals surface area contributed by atoms with Gasteiger partial charge in [0.25, 0.3) is 0 Å². The second kappa shape index (κ2) is 6.63. The molecule has 1 fully saturated rings. The maximum Gasteiger partial charge on any atom is 0.137 e. The van der Waals surface area contributed by atoms with Crippen LogP contribution in [0, 0.1) is 12.8 Å². The predicted molar refractivity (Wildman–Crippen MR) is 90.2 cm³/mol. The molecule has 0 saturated heterocycles. The van der Waals surface area contributed by atoms with E-state index in [0.29, 0.717) is 17.9 Å². The monoisotopic (exact) mass is 290 g/mol. The van der Waals surface area contributed by atoms with Crippen molar-refractivity contribution in [1.82, 2.24) is 9.97 Å². The summed E-state index contributed by atoms with van der Waals surface area (Å²) in [5.41, 5.74) is 1.17. The standard InChI is InChI=1S/C17H30N4/c1-7-18-15-13(5)17(20-16(19-15)14-8-9-14)21(6)12(4)10-11(2)3/h11-12,14H,7-10H2,1-6H3,(H,18,19,20). The SMILES string of the molecule is CCNc1nc(C2CC2)nc(N(C)C(C)CC(C)C)c1C. The van der Waals surface area contributed by atoms with Crippen LogP contribution in [0.3, 0.4) is 0 Å². The first-order valence-electron chi connectivity index (χ1n) is 8.29. The molecule has 0 amide bonds. The summed E-state index contributed by atoms with van der Waals surface area (Å²) < 4.78 is 0. The van der Waals surface area contributed by atoms with Crippen molar-refractivity contribution in [2.75, 3.05) is 23.8 Å². The summed E-state index contributed by atoms with van der Waals surface area (Å²) in [5.74, 6) is 4.40. The zero-order valence-electron chi connectivity index (χ0n) is 14.4. The number of hydrogen-bond donors (Lipinski definition) is 1. The van der Waals surface area contributed by atoms with Gasteiger partial charge >= 0.3 is 0 Å². The van der Waals surface area contributed by atoms with Crippen molar-refractivity contribution in [2.45, 2.75) is 65.8 Å². The molecular weight excluding hydrogens is 260 g/mol. The van der Waals surface area contributed by atoms with Gasteiger partial charge in [-0.1, -0.05) is 13.8 Å². The molecule has 2 rings (SSSR count). The van der Waals surface area contributed by atoms with Crippen molar-refractivity contribution < 1.29 is 0 Å². The first-order valence-corrected chi connectivity index (χ1v) is 8.29. The largest absolute Gasteiger partial charge is 0.370 e. The Morgan fingerprint density at radius 1 is 1.24 bits per heavy atom. The number of rotatable bonds is 7. The summed E-state index contributed by atoms with van der Waals surface area (Å²) >= 11 is 0. The molecule has 0 aliphatic heterocycles. The van der Waals surface area contributed by atoms with E-state index in [9.17, 15) is 0 Å². The van der Waals surface area contributed by atoms with E-state index in [2.05, 4.69) is 51.9 Å². The van der Waals surface area contributed by atoms with Gasteiger partial charge in [-0.05, 0) is 46.0 Å². The normalized spacial score (nSPS) is 16.1. The Kier molecular flexibility index (Phi) is 5.07. The Hall–Kier alpha value is -1.32. The molecule has 118 valence electrons. The van der Waals surface area contributed by atoms with Crippen molar-refractivity contribution in [2.24, 2.45) is 5.92 Å². The van der Waals surface area contributed by atoms with Crippen LogP contribution in [0.2, 0.25) is 0 Å². The Labute approximate surface area is 129 Å². The van der Waals surface area contributed by atoms with Crippen LogP contribution in [0.5, 0.6) is 0 Å². The number of hydrogen-bond acceptors (Lipinski definition) is 4. The third-order valence-corrected chi connectivity index (χ3v) is 4.23. The molecule has 1 aliphatic rings. The lowest BCUT2D eigenvalue weighted by molar-refractivity contribution is 0.501. The Bertz CT molecular complexity index is 480. The lowest BCUT2D eigenvalue weighted by Crippen LogP contribution is -2.32. The molecule has 21 heavy (non-hydrogen) atoms. The van der Waals surface area contributed by atoms with Gasteiger partial charge in [-0.25, -0.2) is 9.97 Å². The zero-order chi connectivity index (χ0) is 15.6. The van der Waals surface area contributed by atoms with Crippen molar-refractivity contribution in [3.05, 3.63) is 11.4 Å². The predicted octanol–water partition coefficient (Wildman–Crippen LogP) is 3.97. The first kappa shape index (κ1) is 16.1. The highest BCUT2D eigenvalue weighted by molar-refractivity contribution is 5.59. The summed E-state index contributed by atoms with van der Waals surface area (Å²) in [4.78, 5) is 11.9. The minimum absolute atomic E-state index is 0.486. The van der Waals surface area contributed by atoms with Crippen LogP contribution in [0.1, 0.15) is 64.3 Å². The third-order valence-electron chi connectivity index (χ3n) is 4.23. The lowest BCUT2D eigenvalue weighted by atomic mass is 10.0. The number of nitrogens with zero attached hydrogens (tertiary/aromatic N) is 3. The Morgan fingerprint density at radius 3 is 2.43 bits per heavy atom. The van der Waals surface area contributed by atoms with Gasteiger partial charge in [0.05, 0.1) is 0 Å². The maximum absolute atomic E-state index is 4.88. The average Bonchev–Trinajstić information content (AvgIpc) is 3.24. The number of anilines is 2. The highest BCUT2D eigenvalue weighted by atomic mass is 15.2. The van der Waals surface area contributed by atoms with E-state index in [1.807, 2.05) is 0 Å². The lowest BCUT2D eigenvalue weighted by Gasteiger charge is -2.29. The number of aromatic nitrogens is 2. The van der Waals surface area contributed by atoms with E-state index < -0.39 is 0 Å². The highest BCUT2D eigenvalue weighted by Crippen LogP contribution is 2.40. The van der Waals surface area contributed by atoms with Gasteiger partial charge in [0.2, 0.25) is 0 Å². The van der Waals surface area contributed by atoms with Crippen molar-refractivity contribution in [1.29, 1.82) is 0 Å². The second-order valence-corrected chi connectivity index (χ2v) is 6.77. The maximum atomic E-state index is 4.88. The first-order chi connectivity index (χ1) is 9.93. The van der Waals surface area contributed by atoms with E-state index in [1.165, 1.54) is 24.8 Å². The smallest absolute Gasteiger partial charge is 0.137 e. The highest BCUT2D eigenvalue weighted by Gasteiger charge is 2.29. The van der Waals surface area contributed by atoms with Crippen LogP contribution in [0.25, 0.3) is 0 Å². The summed E-state index contributed by atoms with van der Waals surface area (Å²) in [6.45, 7) is 12.0. The molecule has 1 saturated carbocycles. The molecule has 0 bridgehead atoms. The third kappa shape index (κ3) is 3.86. The van der Waals surface area contributed by atoms with E-state index in [1.54, 1.807) is 0 Å². The molecule has 1 aromatic heterocycles. The quantitative estimate of drug-likeness (QED) is 0.825. The van der Waals surface area contributed by atoms with Crippen LogP contribution in [0.4, 0.5) is 11.6 Å². The van der Waals surface area contributed by atoms with Gasteiger partial charge in [-0.3, -0.25) is 0 Å². The van der Waals surface area contributed by atoms with Gasteiger partial charge < -0.3 is 10.2 Å². The fourth-order valence-electron chi connectivity index (χ4n) is 2.78. The topological polar surface area (TPSA) is 41.1 Å².